The number of amidine groups is 1. The molecule has 0 aromatic carbocycles. The number of aliphatic imine (C=N–C) groups is 1. The van der Waals surface area contributed by atoms with Crippen molar-refractivity contribution in [3.63, 3.8) is 0 Å². The van der Waals surface area contributed by atoms with Crippen LogP contribution >= 0.6 is 34.9 Å². The van der Waals surface area contributed by atoms with E-state index in [1.54, 1.807) is 0 Å². The summed E-state index contributed by atoms with van der Waals surface area (Å²) in [7, 11) is 0. The van der Waals surface area contributed by atoms with Gasteiger partial charge in [-0.1, -0.05) is 16.9 Å². The summed E-state index contributed by atoms with van der Waals surface area (Å²) in [5.41, 5.74) is 12.5. The summed E-state index contributed by atoms with van der Waals surface area (Å²) in [5, 5.41) is 28.0. The molecule has 0 bridgehead atoms. The van der Waals surface area contributed by atoms with Crippen LogP contribution < -0.4 is 22.6 Å². The maximum atomic E-state index is 13.2. The third-order valence-electron chi connectivity index (χ3n) is 5.98. The number of anilines is 1. The van der Waals surface area contributed by atoms with Crippen molar-refractivity contribution in [3.8, 4) is 0 Å². The number of nitrogen functional groups attached to an aromatic ring is 1. The summed E-state index contributed by atoms with van der Waals surface area (Å²) in [6, 6.07) is -1.05. The van der Waals surface area contributed by atoms with Gasteiger partial charge in [0.25, 0.3) is 11.8 Å². The van der Waals surface area contributed by atoms with E-state index in [1.165, 1.54) is 40.8 Å². The third kappa shape index (κ3) is 6.58. The number of rotatable bonds is 10. The summed E-state index contributed by atoms with van der Waals surface area (Å²) < 4.78 is 0. The number of hydrazine groups is 1. The number of thiazole rings is 1. The highest BCUT2D eigenvalue weighted by atomic mass is 32.2. The van der Waals surface area contributed by atoms with Gasteiger partial charge in [0.15, 0.2) is 16.0 Å². The van der Waals surface area contributed by atoms with Crippen LogP contribution in [0.1, 0.15) is 26.0 Å². The number of aromatic nitrogens is 1. The Balaban J connectivity index is 1.49. The molecule has 0 saturated carbocycles. The molecule has 9 N–H and O–H groups in total. The average Bonchev–Trinajstić information content (AvgIpc) is 3.33. The van der Waals surface area contributed by atoms with Crippen LogP contribution in [0, 0.1) is 0 Å². The Hall–Kier alpha value is -3.81. The van der Waals surface area contributed by atoms with Crippen molar-refractivity contribution >= 4 is 74.6 Å². The highest BCUT2D eigenvalue weighted by molar-refractivity contribution is 8.14. The number of carboxylic acid groups (broad SMARTS) is 2. The van der Waals surface area contributed by atoms with Crippen molar-refractivity contribution < 1.29 is 34.2 Å². The molecule has 1 saturated heterocycles. The molecule has 1 aromatic heterocycles. The minimum Gasteiger partial charge on any atom is -0.481 e. The van der Waals surface area contributed by atoms with E-state index in [2.05, 4.69) is 20.4 Å². The van der Waals surface area contributed by atoms with E-state index >= 15 is 0 Å². The Kier molecular flexibility index (Phi) is 9.10. The fraction of sp³-hybridized carbons (Fsp3) is 0.409. The van der Waals surface area contributed by atoms with Gasteiger partial charge in [-0.25, -0.2) is 20.6 Å². The zero-order valence-electron chi connectivity index (χ0n) is 21.8. The lowest BCUT2D eigenvalue weighted by Gasteiger charge is -2.49. The fourth-order valence-corrected chi connectivity index (χ4v) is 6.92. The Morgan fingerprint density at radius 3 is 2.71 bits per heavy atom. The van der Waals surface area contributed by atoms with E-state index in [9.17, 15) is 24.3 Å². The quantitative estimate of drug-likeness (QED) is 0.0831. The second kappa shape index (κ2) is 12.4. The summed E-state index contributed by atoms with van der Waals surface area (Å²) in [5.74, 6) is 3.00. The molecule has 19 heteroatoms. The first-order valence-corrected chi connectivity index (χ1v) is 14.9. The van der Waals surface area contributed by atoms with E-state index < -0.39 is 41.3 Å². The number of carboxylic acids is 2. The number of nitrogens with two attached hydrogens (primary N) is 3. The van der Waals surface area contributed by atoms with Gasteiger partial charge < -0.3 is 31.8 Å². The highest BCUT2D eigenvalue weighted by Crippen LogP contribution is 2.41. The van der Waals surface area contributed by atoms with E-state index in [0.29, 0.717) is 23.1 Å². The van der Waals surface area contributed by atoms with Crippen LogP contribution in [-0.2, 0) is 24.0 Å². The number of β-lactam (4-membered cyclic amide) rings is 1. The number of thioether (sulfide) groups is 2. The average molecular weight is 626 g/mol. The number of hydrogen-bond acceptors (Lipinski definition) is 15. The molecule has 0 radical (unpaired) electrons. The van der Waals surface area contributed by atoms with Crippen LogP contribution in [0.5, 0.6) is 0 Å². The molecular formula is C22H27N9O7S3. The van der Waals surface area contributed by atoms with Crippen molar-refractivity contribution in [2.45, 2.75) is 37.8 Å². The van der Waals surface area contributed by atoms with Crippen molar-refractivity contribution in [1.82, 2.24) is 20.2 Å². The van der Waals surface area contributed by atoms with Crippen LogP contribution in [0.15, 0.2) is 38.2 Å². The van der Waals surface area contributed by atoms with Gasteiger partial charge in [0.1, 0.15) is 34.7 Å². The number of amides is 2. The minimum absolute atomic E-state index is 0.0723. The minimum atomic E-state index is -1.28. The zero-order valence-corrected chi connectivity index (χ0v) is 24.2. The van der Waals surface area contributed by atoms with E-state index in [4.69, 9.17) is 27.3 Å². The number of fused-ring (bicyclic) bond motifs is 1. The number of carbonyl (C=O) groups is 4. The van der Waals surface area contributed by atoms with Crippen molar-refractivity contribution in [2.75, 3.05) is 23.8 Å². The molecule has 2 unspecified atom stereocenters. The number of nitrogens with one attached hydrogen (secondary N) is 1. The maximum Gasteiger partial charge on any atom is 0.352 e. The predicted octanol–water partition coefficient (Wildman–Crippen LogP) is -0.483. The van der Waals surface area contributed by atoms with Gasteiger partial charge in [0.05, 0.1) is 13.0 Å². The molecule has 1 aromatic rings. The number of nitrogens with zero attached hydrogens (tertiary/aromatic N) is 5. The van der Waals surface area contributed by atoms with Crippen LogP contribution in [0.2, 0.25) is 0 Å². The molecule has 2 amide bonds. The van der Waals surface area contributed by atoms with Gasteiger partial charge in [-0.15, -0.1) is 23.1 Å². The summed E-state index contributed by atoms with van der Waals surface area (Å²) in [4.78, 5) is 64.1. The molecule has 16 nitrogen and oxygen atoms in total. The first kappa shape index (κ1) is 30.2. The summed E-state index contributed by atoms with van der Waals surface area (Å²) in [6.07, 6.45) is -1.22. The Bertz CT molecular complexity index is 1410. The van der Waals surface area contributed by atoms with Crippen molar-refractivity contribution in [3.05, 3.63) is 33.7 Å². The summed E-state index contributed by atoms with van der Waals surface area (Å²) >= 11 is 3.54. The molecular weight excluding hydrogens is 598 g/mol. The molecule has 4 heterocycles. The van der Waals surface area contributed by atoms with Gasteiger partial charge in [0.2, 0.25) is 0 Å². The second-order valence-electron chi connectivity index (χ2n) is 9.12. The molecule has 4 rings (SSSR count). The Morgan fingerprint density at radius 2 is 2.07 bits per heavy atom. The third-order valence-corrected chi connectivity index (χ3v) is 9.07. The Morgan fingerprint density at radius 1 is 1.34 bits per heavy atom. The Labute approximate surface area is 245 Å². The first-order valence-electron chi connectivity index (χ1n) is 11.9. The molecule has 3 aliphatic rings. The molecule has 41 heavy (non-hydrogen) atoms. The van der Waals surface area contributed by atoms with Crippen LogP contribution in [-0.4, -0.2) is 95.3 Å². The normalized spacial score (nSPS) is 21.7. The lowest BCUT2D eigenvalue weighted by atomic mass is 10.0. The molecule has 3 aliphatic heterocycles. The zero-order chi connectivity index (χ0) is 30.0. The molecule has 3 atom stereocenters. The first-order chi connectivity index (χ1) is 19.4. The lowest BCUT2D eigenvalue weighted by Crippen LogP contribution is -2.71. The lowest BCUT2D eigenvalue weighted by molar-refractivity contribution is -0.150. The molecule has 0 spiro atoms. The van der Waals surface area contributed by atoms with E-state index in [-0.39, 0.29) is 40.2 Å². The predicted molar refractivity (Wildman–Crippen MR) is 153 cm³/mol. The van der Waals surface area contributed by atoms with Crippen LogP contribution in [0.4, 0.5) is 5.13 Å². The number of aliphatic carboxylic acids is 2. The number of oxime groups is 1. The van der Waals surface area contributed by atoms with E-state index in [1.807, 2.05) is 6.92 Å². The van der Waals surface area contributed by atoms with Gasteiger partial charge in [-0.2, -0.15) is 0 Å². The maximum absolute atomic E-state index is 13.2. The number of hydrogen-bond donors (Lipinski definition) is 6. The topological polar surface area (TPSA) is 252 Å². The standard InChI is InChI=1S/C22H27N9O7S3/c1-8-4-30(25)22(28-16(8)23)41-6-10-5-39-19-14(18(35)31(19)15(10)20(36)37)27-17(34)13(11-7-40-21(24)26-11)29-38-9(2)3-12(32)33/h7,9,14,19H,3-6,23,25H2,1-2H3,(H2,24,26)(H,27,34)(H,32,33)(H,36,37)/b29-13-/t9?,14?,19-/m0/s1. The van der Waals surface area contributed by atoms with Crippen LogP contribution in [0.25, 0.3) is 0 Å². The van der Waals surface area contributed by atoms with Crippen molar-refractivity contribution in [1.29, 1.82) is 0 Å². The highest BCUT2D eigenvalue weighted by Gasteiger charge is 2.54. The van der Waals surface area contributed by atoms with Gasteiger partial charge in [-0.3, -0.25) is 24.3 Å². The number of carbonyl (C=O) groups excluding carboxylic acids is 2. The molecule has 220 valence electrons. The van der Waals surface area contributed by atoms with Crippen molar-refractivity contribution in [2.24, 2.45) is 21.7 Å². The SMILES string of the molecule is CC1=C(N)N=C(SCC2=C(C(=O)O)N3C(=O)C(NC(=O)/C(=N\OC(C)CC(=O)O)c4csc(N)n4)[C@@H]3SC2)N(N)C1. The van der Waals surface area contributed by atoms with Gasteiger partial charge >= 0.3 is 11.9 Å². The van der Waals surface area contributed by atoms with E-state index in [0.717, 1.165) is 21.8 Å². The summed E-state index contributed by atoms with van der Waals surface area (Å²) in [6.45, 7) is 3.65. The largest absolute Gasteiger partial charge is 0.481 e. The smallest absolute Gasteiger partial charge is 0.352 e. The van der Waals surface area contributed by atoms with Gasteiger partial charge in [0, 0.05) is 16.9 Å². The fourth-order valence-electron chi connectivity index (χ4n) is 3.96. The second-order valence-corrected chi connectivity index (χ2v) is 12.1. The van der Waals surface area contributed by atoms with Crippen LogP contribution in [0.3, 0.4) is 0 Å². The molecule has 1 fully saturated rings. The monoisotopic (exact) mass is 625 g/mol. The molecule has 0 aliphatic carbocycles. The van der Waals surface area contributed by atoms with Gasteiger partial charge in [-0.05, 0) is 25.0 Å².